The van der Waals surface area contributed by atoms with Gasteiger partial charge in [-0.05, 0) is 31.2 Å². The zero-order chi connectivity index (χ0) is 20.4. The number of nitrogens with one attached hydrogen (secondary N) is 2. The van der Waals surface area contributed by atoms with Crippen LogP contribution in [0.1, 0.15) is 12.0 Å². The highest BCUT2D eigenvalue weighted by Gasteiger charge is 2.08. The Morgan fingerprint density at radius 3 is 2.59 bits per heavy atom. The number of rotatable bonds is 10. The Morgan fingerprint density at radius 1 is 1.14 bits per heavy atom. The number of benzene rings is 1. The van der Waals surface area contributed by atoms with E-state index in [0.717, 1.165) is 55.3 Å². The van der Waals surface area contributed by atoms with E-state index in [2.05, 4.69) is 51.8 Å². The van der Waals surface area contributed by atoms with Crippen molar-refractivity contribution in [3.63, 3.8) is 0 Å². The number of methoxy groups -OCH3 is 1. The number of aromatic nitrogens is 1. The number of fused-ring (bicyclic) bond motifs is 1. The van der Waals surface area contributed by atoms with Crippen LogP contribution < -0.4 is 15.5 Å². The summed E-state index contributed by atoms with van der Waals surface area (Å²) in [4.78, 5) is 13.4. The first kappa shape index (κ1) is 25.4. The highest BCUT2D eigenvalue weighted by Crippen LogP contribution is 2.21. The van der Waals surface area contributed by atoms with Crippen LogP contribution in [0.15, 0.2) is 35.3 Å². The van der Waals surface area contributed by atoms with Gasteiger partial charge in [-0.15, -0.1) is 24.0 Å². The third kappa shape index (κ3) is 8.31. The van der Waals surface area contributed by atoms with Gasteiger partial charge < -0.3 is 25.2 Å². The Bertz CT molecular complexity index is 768. The van der Waals surface area contributed by atoms with Crippen LogP contribution in [0.5, 0.6) is 0 Å². The van der Waals surface area contributed by atoms with Crippen molar-refractivity contribution in [3.05, 3.63) is 35.9 Å². The second-order valence-corrected chi connectivity index (χ2v) is 7.05. The number of hydrogen-bond donors (Lipinski definition) is 2. The van der Waals surface area contributed by atoms with E-state index >= 15 is 0 Å². The van der Waals surface area contributed by atoms with Crippen LogP contribution in [-0.2, 0) is 11.3 Å². The van der Waals surface area contributed by atoms with Crippen LogP contribution in [0.2, 0.25) is 0 Å². The van der Waals surface area contributed by atoms with E-state index < -0.39 is 0 Å². The number of anilines is 1. The molecule has 0 atom stereocenters. The number of guanidine groups is 1. The second-order valence-electron chi connectivity index (χ2n) is 7.05. The minimum atomic E-state index is 0. The van der Waals surface area contributed by atoms with Gasteiger partial charge in [-0.3, -0.25) is 4.99 Å². The highest BCUT2D eigenvalue weighted by atomic mass is 127. The molecule has 0 aliphatic carbocycles. The summed E-state index contributed by atoms with van der Waals surface area (Å²) in [6.45, 7) is 4.30. The topological polar surface area (TPSA) is 65.0 Å². The Balaban J connectivity index is 0.00000420. The lowest BCUT2D eigenvalue weighted by Gasteiger charge is -2.19. The standard InChI is InChI=1S/C21H34N6O.HI/c1-22-21(23-11-13-27(4)12-8-14-28-5)24-16-17-15-20(26(2)3)25-19-10-7-6-9-18(17)19;/h6-7,9-10,15H,8,11-14,16H2,1-5H3,(H2,22,23,24);1H. The first-order valence-electron chi connectivity index (χ1n) is 9.73. The molecule has 0 saturated carbocycles. The van der Waals surface area contributed by atoms with Crippen molar-refractivity contribution < 1.29 is 4.74 Å². The van der Waals surface area contributed by atoms with Crippen LogP contribution >= 0.6 is 24.0 Å². The van der Waals surface area contributed by atoms with Crippen molar-refractivity contribution >= 4 is 46.7 Å². The Kier molecular flexibility index (Phi) is 11.9. The zero-order valence-electron chi connectivity index (χ0n) is 18.2. The molecule has 0 amide bonds. The summed E-state index contributed by atoms with van der Waals surface area (Å²) in [5.74, 6) is 1.76. The average molecular weight is 514 g/mol. The van der Waals surface area contributed by atoms with Crippen molar-refractivity contribution in [3.8, 4) is 0 Å². The molecule has 0 spiro atoms. The first-order valence-corrected chi connectivity index (χ1v) is 9.73. The predicted octanol–water partition coefficient (Wildman–Crippen LogP) is 2.55. The van der Waals surface area contributed by atoms with E-state index in [1.165, 1.54) is 5.56 Å². The molecule has 2 rings (SSSR count). The summed E-state index contributed by atoms with van der Waals surface area (Å²) in [6, 6.07) is 10.4. The summed E-state index contributed by atoms with van der Waals surface area (Å²) in [7, 11) is 9.69. The zero-order valence-corrected chi connectivity index (χ0v) is 20.6. The second kappa shape index (κ2) is 13.6. The molecule has 0 fully saturated rings. The molecule has 2 N–H and O–H groups in total. The van der Waals surface area contributed by atoms with Crippen LogP contribution in [0.25, 0.3) is 10.9 Å². The lowest BCUT2D eigenvalue weighted by molar-refractivity contribution is 0.180. The molecule has 7 nitrogen and oxygen atoms in total. The first-order chi connectivity index (χ1) is 13.5. The van der Waals surface area contributed by atoms with E-state index in [9.17, 15) is 0 Å². The van der Waals surface area contributed by atoms with Crippen LogP contribution in [0.4, 0.5) is 5.82 Å². The number of nitrogens with zero attached hydrogens (tertiary/aromatic N) is 4. The number of likely N-dealkylation sites (N-methyl/N-ethyl adjacent to an activating group) is 1. The maximum absolute atomic E-state index is 5.10. The Hall–Kier alpha value is -1.65. The summed E-state index contributed by atoms with van der Waals surface area (Å²) in [6.07, 6.45) is 1.04. The van der Waals surface area contributed by atoms with Crippen LogP contribution in [0.3, 0.4) is 0 Å². The lowest BCUT2D eigenvalue weighted by atomic mass is 10.1. The van der Waals surface area contributed by atoms with E-state index in [-0.39, 0.29) is 24.0 Å². The number of pyridine rings is 1. The molecule has 0 radical (unpaired) electrons. The fourth-order valence-electron chi connectivity index (χ4n) is 2.96. The molecule has 8 heteroatoms. The number of ether oxygens (including phenoxy) is 1. The average Bonchev–Trinajstić information content (AvgIpc) is 2.70. The molecular weight excluding hydrogens is 479 g/mol. The summed E-state index contributed by atoms with van der Waals surface area (Å²) < 4.78 is 5.10. The number of hydrogen-bond acceptors (Lipinski definition) is 5. The van der Waals surface area contributed by atoms with Crippen LogP contribution in [0, 0.1) is 0 Å². The van der Waals surface area contributed by atoms with Gasteiger partial charge >= 0.3 is 0 Å². The molecule has 2 aromatic rings. The third-order valence-corrected chi connectivity index (χ3v) is 4.59. The quantitative estimate of drug-likeness (QED) is 0.220. The van der Waals surface area contributed by atoms with Crippen molar-refractivity contribution in [2.75, 3.05) is 66.4 Å². The van der Waals surface area contributed by atoms with Gasteiger partial charge in [-0.25, -0.2) is 4.98 Å². The highest BCUT2D eigenvalue weighted by molar-refractivity contribution is 14.0. The van der Waals surface area contributed by atoms with Crippen molar-refractivity contribution in [1.29, 1.82) is 0 Å². The van der Waals surface area contributed by atoms with Gasteiger partial charge in [-0.2, -0.15) is 0 Å². The van der Waals surface area contributed by atoms with Crippen molar-refractivity contribution in [2.45, 2.75) is 13.0 Å². The molecule has 1 heterocycles. The van der Waals surface area contributed by atoms with Gasteiger partial charge in [0.1, 0.15) is 5.82 Å². The number of para-hydroxylation sites is 1. The largest absolute Gasteiger partial charge is 0.385 e. The van der Waals surface area contributed by atoms with Crippen LogP contribution in [-0.4, -0.2) is 77.4 Å². The maximum atomic E-state index is 5.10. The molecule has 0 aliphatic rings. The normalized spacial score (nSPS) is 11.4. The molecule has 162 valence electrons. The minimum absolute atomic E-state index is 0. The molecule has 0 bridgehead atoms. The molecule has 1 aromatic carbocycles. The summed E-state index contributed by atoms with van der Waals surface area (Å²) >= 11 is 0. The number of halogens is 1. The SMILES string of the molecule is CN=C(NCCN(C)CCCOC)NCc1cc(N(C)C)nc2ccccc12.I. The van der Waals surface area contributed by atoms with E-state index in [1.807, 2.05) is 25.1 Å². The van der Waals surface area contributed by atoms with Gasteiger partial charge in [0.05, 0.1) is 5.52 Å². The Morgan fingerprint density at radius 2 is 1.90 bits per heavy atom. The van der Waals surface area contributed by atoms with E-state index in [1.54, 1.807) is 14.2 Å². The lowest BCUT2D eigenvalue weighted by Crippen LogP contribution is -2.40. The maximum Gasteiger partial charge on any atom is 0.191 e. The van der Waals surface area contributed by atoms with Crippen molar-refractivity contribution in [2.24, 2.45) is 4.99 Å². The smallest absolute Gasteiger partial charge is 0.191 e. The molecular formula is C21H35IN6O. The molecule has 29 heavy (non-hydrogen) atoms. The fraction of sp³-hybridized carbons (Fsp3) is 0.524. The van der Waals surface area contributed by atoms with E-state index in [0.29, 0.717) is 6.54 Å². The van der Waals surface area contributed by atoms with Crippen molar-refractivity contribution in [1.82, 2.24) is 20.5 Å². The predicted molar refractivity (Wildman–Crippen MR) is 134 cm³/mol. The third-order valence-electron chi connectivity index (χ3n) is 4.59. The minimum Gasteiger partial charge on any atom is -0.385 e. The van der Waals surface area contributed by atoms with Gasteiger partial charge in [0, 0.05) is 66.4 Å². The van der Waals surface area contributed by atoms with Gasteiger partial charge in [0.25, 0.3) is 0 Å². The molecule has 0 unspecified atom stereocenters. The van der Waals surface area contributed by atoms with Gasteiger partial charge in [0.15, 0.2) is 5.96 Å². The fourth-order valence-corrected chi connectivity index (χ4v) is 2.96. The number of aliphatic imine (C=N–C) groups is 1. The van der Waals surface area contributed by atoms with Gasteiger partial charge in [0.2, 0.25) is 0 Å². The molecule has 1 aromatic heterocycles. The molecule has 0 saturated heterocycles. The molecule has 0 aliphatic heterocycles. The van der Waals surface area contributed by atoms with Gasteiger partial charge in [-0.1, -0.05) is 18.2 Å². The summed E-state index contributed by atoms with van der Waals surface area (Å²) in [5, 5.41) is 7.97. The summed E-state index contributed by atoms with van der Waals surface area (Å²) in [5.41, 5.74) is 2.21. The monoisotopic (exact) mass is 514 g/mol. The van der Waals surface area contributed by atoms with E-state index in [4.69, 9.17) is 9.72 Å². The Labute approximate surface area is 191 Å².